The third kappa shape index (κ3) is 3.52. The van der Waals surface area contributed by atoms with Gasteiger partial charge in [-0.25, -0.2) is 4.98 Å². The molecule has 0 bridgehead atoms. The van der Waals surface area contributed by atoms with Gasteiger partial charge in [0.1, 0.15) is 5.82 Å². The number of nitrogens with one attached hydrogen (secondary N) is 1. The number of benzene rings is 1. The number of nitrogens with two attached hydrogens (primary N) is 1. The molecule has 1 aliphatic heterocycles. The summed E-state index contributed by atoms with van der Waals surface area (Å²) in [6.45, 7) is 4.36. The van der Waals surface area contributed by atoms with Gasteiger partial charge in [0.05, 0.1) is 0 Å². The van der Waals surface area contributed by atoms with Crippen LogP contribution < -0.4 is 11.1 Å². The molecule has 1 saturated heterocycles. The highest BCUT2D eigenvalue weighted by molar-refractivity contribution is 5.50. The predicted octanol–water partition coefficient (Wildman–Crippen LogP) is 2.74. The SMILES string of the molecule is CC1CC(Nc2ccnc(N)c2)CN1Cc1ccccc1. The molecule has 0 aliphatic carbocycles. The first-order valence-electron chi connectivity index (χ1n) is 7.47. The molecule has 1 aliphatic rings. The van der Waals surface area contributed by atoms with Gasteiger partial charge in [0.2, 0.25) is 0 Å². The lowest BCUT2D eigenvalue weighted by atomic mass is 10.2. The molecule has 0 radical (unpaired) electrons. The molecule has 1 aromatic carbocycles. The van der Waals surface area contributed by atoms with Gasteiger partial charge in [-0.1, -0.05) is 30.3 Å². The maximum absolute atomic E-state index is 5.73. The molecule has 0 saturated carbocycles. The Bertz CT molecular complexity index is 584. The van der Waals surface area contributed by atoms with Crippen molar-refractivity contribution in [2.45, 2.75) is 32.0 Å². The number of anilines is 2. The highest BCUT2D eigenvalue weighted by Gasteiger charge is 2.28. The minimum Gasteiger partial charge on any atom is -0.384 e. The highest BCUT2D eigenvalue weighted by atomic mass is 15.2. The number of nitrogen functional groups attached to an aromatic ring is 1. The van der Waals surface area contributed by atoms with Crippen LogP contribution in [0.4, 0.5) is 11.5 Å². The standard InChI is InChI=1S/C17H22N4/c1-13-9-16(20-15-7-8-19-17(18)10-15)12-21(13)11-14-5-3-2-4-6-14/h2-8,10,13,16H,9,11-12H2,1H3,(H3,18,19,20). The molecular weight excluding hydrogens is 260 g/mol. The van der Waals surface area contributed by atoms with E-state index in [-0.39, 0.29) is 0 Å². The first-order chi connectivity index (χ1) is 10.2. The van der Waals surface area contributed by atoms with E-state index >= 15 is 0 Å². The minimum atomic E-state index is 0.463. The zero-order valence-corrected chi connectivity index (χ0v) is 12.4. The molecule has 3 rings (SSSR count). The maximum atomic E-state index is 5.73. The van der Waals surface area contributed by atoms with E-state index in [0.29, 0.717) is 17.9 Å². The second-order valence-corrected chi connectivity index (χ2v) is 5.81. The van der Waals surface area contributed by atoms with Gasteiger partial charge < -0.3 is 11.1 Å². The minimum absolute atomic E-state index is 0.463. The Balaban J connectivity index is 1.61. The van der Waals surface area contributed by atoms with E-state index < -0.39 is 0 Å². The average molecular weight is 282 g/mol. The third-order valence-corrected chi connectivity index (χ3v) is 4.08. The van der Waals surface area contributed by atoms with E-state index in [0.717, 1.165) is 25.2 Å². The van der Waals surface area contributed by atoms with Crippen molar-refractivity contribution in [3.05, 3.63) is 54.2 Å². The lowest BCUT2D eigenvalue weighted by Crippen LogP contribution is -2.28. The summed E-state index contributed by atoms with van der Waals surface area (Å²) in [5, 5.41) is 3.57. The summed E-state index contributed by atoms with van der Waals surface area (Å²) in [5.74, 6) is 0.562. The fourth-order valence-corrected chi connectivity index (χ4v) is 3.02. The van der Waals surface area contributed by atoms with Gasteiger partial charge in [0.25, 0.3) is 0 Å². The van der Waals surface area contributed by atoms with Crippen molar-refractivity contribution in [3.8, 4) is 0 Å². The maximum Gasteiger partial charge on any atom is 0.125 e. The van der Waals surface area contributed by atoms with Crippen molar-refractivity contribution in [2.75, 3.05) is 17.6 Å². The van der Waals surface area contributed by atoms with Crippen molar-refractivity contribution in [1.29, 1.82) is 0 Å². The van der Waals surface area contributed by atoms with Crippen LogP contribution in [0.1, 0.15) is 18.9 Å². The van der Waals surface area contributed by atoms with Crippen LogP contribution in [0.3, 0.4) is 0 Å². The number of aromatic nitrogens is 1. The summed E-state index contributed by atoms with van der Waals surface area (Å²) < 4.78 is 0. The first-order valence-corrected chi connectivity index (χ1v) is 7.47. The summed E-state index contributed by atoms with van der Waals surface area (Å²) in [5.41, 5.74) is 8.16. The lowest BCUT2D eigenvalue weighted by molar-refractivity contribution is 0.259. The molecule has 2 unspecified atom stereocenters. The van der Waals surface area contributed by atoms with Crippen molar-refractivity contribution >= 4 is 11.5 Å². The van der Waals surface area contributed by atoms with Gasteiger partial charge in [0, 0.05) is 43.1 Å². The molecule has 2 aromatic rings. The van der Waals surface area contributed by atoms with Crippen molar-refractivity contribution in [3.63, 3.8) is 0 Å². The monoisotopic (exact) mass is 282 g/mol. The van der Waals surface area contributed by atoms with E-state index in [4.69, 9.17) is 5.73 Å². The second-order valence-electron chi connectivity index (χ2n) is 5.81. The molecule has 2 atom stereocenters. The van der Waals surface area contributed by atoms with Crippen LogP contribution in [0.25, 0.3) is 0 Å². The summed E-state index contributed by atoms with van der Waals surface area (Å²) in [6, 6.07) is 15.6. The number of rotatable bonds is 4. The van der Waals surface area contributed by atoms with Gasteiger partial charge >= 0.3 is 0 Å². The Morgan fingerprint density at radius 3 is 2.86 bits per heavy atom. The first kappa shape index (κ1) is 13.9. The van der Waals surface area contributed by atoms with Crippen LogP contribution in [0.5, 0.6) is 0 Å². The Hall–Kier alpha value is -2.07. The molecule has 3 N–H and O–H groups in total. The van der Waals surface area contributed by atoms with Crippen molar-refractivity contribution in [1.82, 2.24) is 9.88 Å². The van der Waals surface area contributed by atoms with Gasteiger partial charge in [-0.15, -0.1) is 0 Å². The number of hydrogen-bond donors (Lipinski definition) is 2. The number of nitrogens with zero attached hydrogens (tertiary/aromatic N) is 2. The van der Waals surface area contributed by atoms with Crippen molar-refractivity contribution in [2.24, 2.45) is 0 Å². The smallest absolute Gasteiger partial charge is 0.125 e. The van der Waals surface area contributed by atoms with Gasteiger partial charge in [0.15, 0.2) is 0 Å². The molecule has 4 heteroatoms. The van der Waals surface area contributed by atoms with E-state index in [1.807, 2.05) is 12.1 Å². The summed E-state index contributed by atoms with van der Waals surface area (Å²) in [4.78, 5) is 6.55. The second kappa shape index (κ2) is 6.14. The molecule has 1 aromatic heterocycles. The Morgan fingerprint density at radius 1 is 1.29 bits per heavy atom. The summed E-state index contributed by atoms with van der Waals surface area (Å²) in [6.07, 6.45) is 2.90. The van der Waals surface area contributed by atoms with Gasteiger partial charge in [-0.3, -0.25) is 4.90 Å². The van der Waals surface area contributed by atoms with Crippen LogP contribution in [-0.2, 0) is 6.54 Å². The summed E-state index contributed by atoms with van der Waals surface area (Å²) >= 11 is 0. The van der Waals surface area contributed by atoms with E-state index in [9.17, 15) is 0 Å². The Kier molecular flexibility index (Phi) is 4.06. The Morgan fingerprint density at radius 2 is 2.10 bits per heavy atom. The molecule has 0 amide bonds. The molecule has 4 nitrogen and oxygen atoms in total. The molecule has 0 spiro atoms. The van der Waals surface area contributed by atoms with Crippen LogP contribution in [0.15, 0.2) is 48.7 Å². The fourth-order valence-electron chi connectivity index (χ4n) is 3.02. The molecule has 2 heterocycles. The molecule has 21 heavy (non-hydrogen) atoms. The van der Waals surface area contributed by atoms with Crippen LogP contribution in [-0.4, -0.2) is 28.5 Å². The van der Waals surface area contributed by atoms with Gasteiger partial charge in [-0.05, 0) is 25.0 Å². The fraction of sp³-hybridized carbons (Fsp3) is 0.353. The molecular formula is C17H22N4. The van der Waals surface area contributed by atoms with Crippen LogP contribution in [0, 0.1) is 0 Å². The quantitative estimate of drug-likeness (QED) is 0.905. The van der Waals surface area contributed by atoms with Crippen LogP contribution >= 0.6 is 0 Å². The zero-order valence-electron chi connectivity index (χ0n) is 12.4. The number of hydrogen-bond acceptors (Lipinski definition) is 4. The largest absolute Gasteiger partial charge is 0.384 e. The summed E-state index contributed by atoms with van der Waals surface area (Å²) in [7, 11) is 0. The van der Waals surface area contributed by atoms with E-state index in [1.165, 1.54) is 5.56 Å². The predicted molar refractivity (Wildman–Crippen MR) is 87.0 cm³/mol. The van der Waals surface area contributed by atoms with E-state index in [2.05, 4.69) is 52.5 Å². The van der Waals surface area contributed by atoms with Gasteiger partial charge in [-0.2, -0.15) is 0 Å². The molecule has 110 valence electrons. The van der Waals surface area contributed by atoms with Crippen LogP contribution in [0.2, 0.25) is 0 Å². The highest BCUT2D eigenvalue weighted by Crippen LogP contribution is 2.23. The Labute approximate surface area is 126 Å². The number of likely N-dealkylation sites (tertiary alicyclic amines) is 1. The zero-order chi connectivity index (χ0) is 14.7. The topological polar surface area (TPSA) is 54.2 Å². The molecule has 1 fully saturated rings. The average Bonchev–Trinajstić information content (AvgIpc) is 2.80. The normalized spacial score (nSPS) is 22.3. The number of pyridine rings is 1. The lowest BCUT2D eigenvalue weighted by Gasteiger charge is -2.21. The van der Waals surface area contributed by atoms with E-state index in [1.54, 1.807) is 6.20 Å². The van der Waals surface area contributed by atoms with Crippen molar-refractivity contribution < 1.29 is 0 Å². The third-order valence-electron chi connectivity index (χ3n) is 4.08.